The van der Waals surface area contributed by atoms with E-state index in [1.807, 2.05) is 30.3 Å². The molecule has 1 aromatic heterocycles. The normalized spacial score (nSPS) is 12.7. The Morgan fingerprint density at radius 1 is 1.04 bits per heavy atom. The summed E-state index contributed by atoms with van der Waals surface area (Å²) in [4.78, 5) is 12.9. The van der Waals surface area contributed by atoms with Crippen LogP contribution in [0, 0.1) is 0 Å². The van der Waals surface area contributed by atoms with Gasteiger partial charge in [-0.05, 0) is 24.6 Å². The molecule has 7 nitrogen and oxygen atoms in total. The van der Waals surface area contributed by atoms with E-state index in [-0.39, 0.29) is 17.2 Å². The van der Waals surface area contributed by atoms with Gasteiger partial charge in [0.1, 0.15) is 0 Å². The number of ketones is 1. The zero-order valence-corrected chi connectivity index (χ0v) is 14.9. The van der Waals surface area contributed by atoms with Gasteiger partial charge in [-0.3, -0.25) is 4.79 Å². The maximum Gasteiger partial charge on any atom is 0.241 e. The molecule has 0 spiro atoms. The fourth-order valence-electron chi connectivity index (χ4n) is 2.52. The molecule has 0 radical (unpaired) electrons. The molecular weight excluding hydrogens is 352 g/mol. The van der Waals surface area contributed by atoms with E-state index >= 15 is 0 Å². The molecule has 3 rings (SSSR count). The van der Waals surface area contributed by atoms with Crippen molar-refractivity contribution in [3.63, 3.8) is 0 Å². The summed E-state index contributed by atoms with van der Waals surface area (Å²) in [6.45, 7) is 1.69. The Morgan fingerprint density at radius 3 is 2.23 bits per heavy atom. The molecule has 1 N–H and O–H groups in total. The number of aromatic nitrogens is 3. The summed E-state index contributed by atoms with van der Waals surface area (Å²) < 4.78 is 28.3. The first kappa shape index (κ1) is 18.0. The largest absolute Gasteiger partial charge is 0.295 e. The number of nitrogens with one attached hydrogen (secondary N) is 1. The van der Waals surface area contributed by atoms with E-state index in [9.17, 15) is 13.2 Å². The lowest BCUT2D eigenvalue weighted by Gasteiger charge is -2.19. The molecule has 0 aliphatic carbocycles. The van der Waals surface area contributed by atoms with Gasteiger partial charge in [0.2, 0.25) is 10.0 Å². The number of hydrogen-bond acceptors (Lipinski definition) is 5. The van der Waals surface area contributed by atoms with Crippen molar-refractivity contribution in [2.75, 3.05) is 0 Å². The number of carbonyl (C=O) groups is 1. The maximum atomic E-state index is 12.8. The highest BCUT2D eigenvalue weighted by molar-refractivity contribution is 7.89. The van der Waals surface area contributed by atoms with Crippen molar-refractivity contribution in [1.82, 2.24) is 19.7 Å². The Morgan fingerprint density at radius 2 is 1.65 bits per heavy atom. The molecule has 8 heteroatoms. The summed E-state index contributed by atoms with van der Waals surface area (Å²) in [5.41, 5.74) is 1.26. The van der Waals surface area contributed by atoms with Gasteiger partial charge in [-0.2, -0.15) is 15.0 Å². The quantitative estimate of drug-likeness (QED) is 0.644. The Kier molecular flexibility index (Phi) is 5.24. The van der Waals surface area contributed by atoms with Gasteiger partial charge in [-0.15, -0.1) is 0 Å². The summed E-state index contributed by atoms with van der Waals surface area (Å²) in [7, 11) is -3.78. The Hall–Kier alpha value is -2.84. The van der Waals surface area contributed by atoms with E-state index in [4.69, 9.17) is 0 Å². The van der Waals surface area contributed by atoms with Gasteiger partial charge < -0.3 is 0 Å². The molecule has 134 valence electrons. The molecule has 0 bridgehead atoms. The lowest BCUT2D eigenvalue weighted by atomic mass is 10.1. The molecule has 0 saturated heterocycles. The van der Waals surface area contributed by atoms with E-state index in [2.05, 4.69) is 14.9 Å². The van der Waals surface area contributed by atoms with Crippen LogP contribution in [0.5, 0.6) is 0 Å². The van der Waals surface area contributed by atoms with Crippen LogP contribution in [0.1, 0.15) is 28.9 Å². The Labute approximate surface area is 151 Å². The van der Waals surface area contributed by atoms with Gasteiger partial charge in [0, 0.05) is 5.56 Å². The molecule has 1 heterocycles. The molecule has 2 aromatic carbocycles. The topological polar surface area (TPSA) is 94.0 Å². The van der Waals surface area contributed by atoms with Gasteiger partial charge in [-0.25, -0.2) is 13.1 Å². The highest BCUT2D eigenvalue weighted by Gasteiger charge is 2.22. The molecule has 3 aromatic rings. The minimum Gasteiger partial charge on any atom is -0.295 e. The molecule has 0 fully saturated rings. The van der Waals surface area contributed by atoms with Crippen molar-refractivity contribution in [3.05, 3.63) is 78.1 Å². The van der Waals surface area contributed by atoms with Crippen molar-refractivity contribution in [2.24, 2.45) is 0 Å². The third-order valence-electron chi connectivity index (χ3n) is 3.88. The number of Topliss-reactive ketones (excluding diaryl/α,β-unsaturated/α-hetero) is 1. The van der Waals surface area contributed by atoms with Crippen LogP contribution < -0.4 is 4.72 Å². The van der Waals surface area contributed by atoms with Crippen LogP contribution in [0.3, 0.4) is 0 Å². The van der Waals surface area contributed by atoms with Crippen LogP contribution in [0.15, 0.2) is 71.9 Å². The summed E-state index contributed by atoms with van der Waals surface area (Å²) in [6.07, 6.45) is 3.08. The average Bonchev–Trinajstić information content (AvgIpc) is 3.15. The van der Waals surface area contributed by atoms with E-state index < -0.39 is 16.1 Å². The zero-order chi connectivity index (χ0) is 18.6. The molecule has 0 aliphatic rings. The van der Waals surface area contributed by atoms with Crippen LogP contribution in [0.2, 0.25) is 0 Å². The van der Waals surface area contributed by atoms with Gasteiger partial charge in [0.05, 0.1) is 29.9 Å². The standard InChI is InChI=1S/C18H18N4O3S/c1-14(23)15-7-9-17(10-8-15)26(24,25)21-18(13-22-19-11-12-20-22)16-5-3-2-4-6-16/h2-12,18,21H,13H2,1H3. The predicted octanol–water partition coefficient (Wildman–Crippen LogP) is 2.20. The van der Waals surface area contributed by atoms with Crippen molar-refractivity contribution in [1.29, 1.82) is 0 Å². The van der Waals surface area contributed by atoms with Crippen molar-refractivity contribution in [3.8, 4) is 0 Å². The van der Waals surface area contributed by atoms with Crippen LogP contribution in [0.4, 0.5) is 0 Å². The summed E-state index contributed by atoms with van der Waals surface area (Å²) in [5.74, 6) is -0.117. The van der Waals surface area contributed by atoms with E-state index in [1.165, 1.54) is 48.4 Å². The Bertz CT molecular complexity index is 969. The van der Waals surface area contributed by atoms with E-state index in [0.717, 1.165) is 5.56 Å². The predicted molar refractivity (Wildman–Crippen MR) is 96.0 cm³/mol. The zero-order valence-electron chi connectivity index (χ0n) is 14.1. The first-order valence-corrected chi connectivity index (χ1v) is 9.46. The van der Waals surface area contributed by atoms with E-state index in [1.54, 1.807) is 0 Å². The average molecular weight is 370 g/mol. The fourth-order valence-corrected chi connectivity index (χ4v) is 3.74. The monoisotopic (exact) mass is 370 g/mol. The number of carbonyl (C=O) groups excluding carboxylic acids is 1. The molecule has 0 amide bonds. The SMILES string of the molecule is CC(=O)c1ccc(S(=O)(=O)NC(Cn2nccn2)c2ccccc2)cc1. The summed E-state index contributed by atoms with van der Waals surface area (Å²) in [6, 6.07) is 14.5. The first-order valence-electron chi connectivity index (χ1n) is 7.98. The first-order chi connectivity index (χ1) is 12.5. The number of benzene rings is 2. The lowest BCUT2D eigenvalue weighted by Crippen LogP contribution is -2.32. The second-order valence-corrected chi connectivity index (χ2v) is 7.46. The number of sulfonamides is 1. The minimum absolute atomic E-state index is 0.0943. The second kappa shape index (κ2) is 7.59. The highest BCUT2D eigenvalue weighted by atomic mass is 32.2. The lowest BCUT2D eigenvalue weighted by molar-refractivity contribution is 0.101. The van der Waals surface area contributed by atoms with Gasteiger partial charge >= 0.3 is 0 Å². The molecule has 0 aliphatic heterocycles. The van der Waals surface area contributed by atoms with Crippen LogP contribution in [-0.2, 0) is 16.6 Å². The molecule has 0 saturated carbocycles. The van der Waals surface area contributed by atoms with Crippen LogP contribution in [0.25, 0.3) is 0 Å². The third-order valence-corrected chi connectivity index (χ3v) is 5.37. The summed E-state index contributed by atoms with van der Waals surface area (Å²) in [5, 5.41) is 8.10. The molecular formula is C18H18N4O3S. The van der Waals surface area contributed by atoms with Crippen LogP contribution in [-0.4, -0.2) is 29.2 Å². The molecule has 1 unspecified atom stereocenters. The Balaban J connectivity index is 1.88. The number of hydrogen-bond donors (Lipinski definition) is 1. The maximum absolute atomic E-state index is 12.8. The highest BCUT2D eigenvalue weighted by Crippen LogP contribution is 2.19. The van der Waals surface area contributed by atoms with Gasteiger partial charge in [0.15, 0.2) is 5.78 Å². The molecule has 26 heavy (non-hydrogen) atoms. The number of rotatable bonds is 7. The minimum atomic E-state index is -3.78. The summed E-state index contributed by atoms with van der Waals surface area (Å²) >= 11 is 0. The van der Waals surface area contributed by atoms with Gasteiger partial charge in [0.25, 0.3) is 0 Å². The van der Waals surface area contributed by atoms with E-state index in [0.29, 0.717) is 5.56 Å². The molecule has 1 atom stereocenters. The fraction of sp³-hybridized carbons (Fsp3) is 0.167. The van der Waals surface area contributed by atoms with Crippen molar-refractivity contribution in [2.45, 2.75) is 24.4 Å². The van der Waals surface area contributed by atoms with Crippen molar-refractivity contribution < 1.29 is 13.2 Å². The third kappa shape index (κ3) is 4.22. The van der Waals surface area contributed by atoms with Gasteiger partial charge in [-0.1, -0.05) is 42.5 Å². The smallest absolute Gasteiger partial charge is 0.241 e. The van der Waals surface area contributed by atoms with Crippen molar-refractivity contribution >= 4 is 15.8 Å². The second-order valence-electron chi connectivity index (χ2n) is 5.75. The van der Waals surface area contributed by atoms with Crippen LogP contribution >= 0.6 is 0 Å². The number of nitrogens with zero attached hydrogens (tertiary/aromatic N) is 3.